The van der Waals surface area contributed by atoms with Gasteiger partial charge in [0, 0.05) is 30.7 Å². The van der Waals surface area contributed by atoms with E-state index in [1.807, 2.05) is 6.20 Å². The zero-order chi connectivity index (χ0) is 8.39. The van der Waals surface area contributed by atoms with Crippen molar-refractivity contribution in [1.82, 2.24) is 15.3 Å². The molecule has 13 heavy (non-hydrogen) atoms. The van der Waals surface area contributed by atoms with E-state index in [1.54, 1.807) is 12.4 Å². The van der Waals surface area contributed by atoms with Crippen molar-refractivity contribution in [2.75, 3.05) is 0 Å². The number of halogens is 1. The van der Waals surface area contributed by atoms with Gasteiger partial charge in [0.25, 0.3) is 0 Å². The number of aromatic nitrogens is 2. The minimum atomic E-state index is 0. The van der Waals surface area contributed by atoms with E-state index in [0.29, 0.717) is 6.04 Å². The summed E-state index contributed by atoms with van der Waals surface area (Å²) in [6.07, 6.45) is 7.88. The molecule has 1 unspecified atom stereocenters. The zero-order valence-electron chi connectivity index (χ0n) is 7.60. The Morgan fingerprint density at radius 1 is 1.46 bits per heavy atom. The maximum absolute atomic E-state index is 4.23. The topological polar surface area (TPSA) is 37.8 Å². The molecule has 1 heterocycles. The zero-order valence-corrected chi connectivity index (χ0v) is 8.42. The molecular weight excluding hydrogens is 186 g/mol. The Morgan fingerprint density at radius 2 is 2.23 bits per heavy atom. The molecule has 1 atom stereocenters. The monoisotopic (exact) mass is 199 g/mol. The summed E-state index contributed by atoms with van der Waals surface area (Å²) in [5.74, 6) is 0. The van der Waals surface area contributed by atoms with Crippen LogP contribution >= 0.6 is 12.4 Å². The van der Waals surface area contributed by atoms with Crippen LogP contribution in [0.15, 0.2) is 18.6 Å². The van der Waals surface area contributed by atoms with Gasteiger partial charge in [-0.3, -0.25) is 9.97 Å². The fraction of sp³-hybridized carbons (Fsp3) is 0.556. The second-order valence-corrected chi connectivity index (χ2v) is 3.29. The Bertz CT molecular complexity index is 248. The molecule has 0 bridgehead atoms. The van der Waals surface area contributed by atoms with Crippen molar-refractivity contribution in [3.63, 3.8) is 0 Å². The Hall–Kier alpha value is -0.670. The van der Waals surface area contributed by atoms with Crippen LogP contribution in [0.4, 0.5) is 0 Å². The molecule has 0 spiro atoms. The summed E-state index contributed by atoms with van der Waals surface area (Å²) in [6, 6.07) is 1.06. The molecule has 72 valence electrons. The van der Waals surface area contributed by atoms with Gasteiger partial charge >= 0.3 is 0 Å². The van der Waals surface area contributed by atoms with E-state index in [-0.39, 0.29) is 12.4 Å². The maximum Gasteiger partial charge on any atom is 0.0753 e. The third-order valence-corrected chi connectivity index (χ3v) is 2.09. The summed E-state index contributed by atoms with van der Waals surface area (Å²) in [6.45, 7) is 2.13. The molecule has 1 aliphatic rings. The predicted molar refractivity (Wildman–Crippen MR) is 53.9 cm³/mol. The average molecular weight is 200 g/mol. The van der Waals surface area contributed by atoms with E-state index in [9.17, 15) is 0 Å². The minimum Gasteiger partial charge on any atom is -0.306 e. The Labute approximate surface area is 84.4 Å². The van der Waals surface area contributed by atoms with Gasteiger partial charge in [0.05, 0.1) is 5.69 Å². The summed E-state index contributed by atoms with van der Waals surface area (Å²) in [4.78, 5) is 8.27. The van der Waals surface area contributed by atoms with Crippen molar-refractivity contribution in [3.05, 3.63) is 24.3 Å². The predicted octanol–water partition coefficient (Wildman–Crippen LogP) is 1.71. The van der Waals surface area contributed by atoms with E-state index >= 15 is 0 Å². The molecule has 0 aromatic carbocycles. The van der Waals surface area contributed by atoms with Crippen LogP contribution < -0.4 is 5.32 Å². The quantitative estimate of drug-likeness (QED) is 0.806. The van der Waals surface area contributed by atoms with Gasteiger partial charge in [-0.25, -0.2) is 0 Å². The van der Waals surface area contributed by atoms with Crippen LogP contribution in [0.1, 0.15) is 31.5 Å². The highest BCUT2D eigenvalue weighted by Gasteiger charge is 2.23. The fourth-order valence-electron chi connectivity index (χ4n) is 1.22. The molecular formula is C9H14ClN3. The van der Waals surface area contributed by atoms with Crippen LogP contribution in [0, 0.1) is 0 Å². The second-order valence-electron chi connectivity index (χ2n) is 3.29. The minimum absolute atomic E-state index is 0. The van der Waals surface area contributed by atoms with E-state index in [1.165, 1.54) is 12.8 Å². The van der Waals surface area contributed by atoms with Crippen molar-refractivity contribution in [3.8, 4) is 0 Å². The van der Waals surface area contributed by atoms with Crippen LogP contribution in [0.5, 0.6) is 0 Å². The van der Waals surface area contributed by atoms with Crippen molar-refractivity contribution in [2.24, 2.45) is 0 Å². The number of nitrogens with zero attached hydrogens (tertiary/aromatic N) is 2. The molecule has 0 radical (unpaired) electrons. The van der Waals surface area contributed by atoms with E-state index in [0.717, 1.165) is 11.7 Å². The summed E-state index contributed by atoms with van der Waals surface area (Å²) < 4.78 is 0. The second kappa shape index (κ2) is 4.53. The first kappa shape index (κ1) is 10.4. The third-order valence-electron chi connectivity index (χ3n) is 2.09. The lowest BCUT2D eigenvalue weighted by Crippen LogP contribution is -2.21. The standard InChI is InChI=1S/C9H13N3.ClH/c1-7(12-8-2-3-8)9-6-10-4-5-11-9;/h4-8,12H,2-3H2,1H3;1H. The van der Waals surface area contributed by atoms with Gasteiger partial charge in [-0.05, 0) is 19.8 Å². The maximum atomic E-state index is 4.23. The Morgan fingerprint density at radius 3 is 2.77 bits per heavy atom. The first-order chi connectivity index (χ1) is 5.86. The average Bonchev–Trinajstić information content (AvgIpc) is 2.90. The lowest BCUT2D eigenvalue weighted by atomic mass is 10.2. The Balaban J connectivity index is 0.000000845. The summed E-state index contributed by atoms with van der Waals surface area (Å²) in [5.41, 5.74) is 1.03. The van der Waals surface area contributed by atoms with Crippen LogP contribution in [-0.4, -0.2) is 16.0 Å². The lowest BCUT2D eigenvalue weighted by molar-refractivity contribution is 0.556. The van der Waals surface area contributed by atoms with Gasteiger partial charge in [0.1, 0.15) is 0 Å². The van der Waals surface area contributed by atoms with Crippen LogP contribution in [0.2, 0.25) is 0 Å². The molecule has 0 aliphatic heterocycles. The molecule has 0 amide bonds. The van der Waals surface area contributed by atoms with E-state index < -0.39 is 0 Å². The SMILES string of the molecule is CC(NC1CC1)c1cnccn1.Cl. The van der Waals surface area contributed by atoms with Gasteiger partial charge in [0.2, 0.25) is 0 Å². The van der Waals surface area contributed by atoms with Gasteiger partial charge in [-0.2, -0.15) is 0 Å². The molecule has 0 saturated heterocycles. The molecule has 3 nitrogen and oxygen atoms in total. The van der Waals surface area contributed by atoms with E-state index in [4.69, 9.17) is 0 Å². The smallest absolute Gasteiger partial charge is 0.0753 e. The fourth-order valence-corrected chi connectivity index (χ4v) is 1.22. The largest absolute Gasteiger partial charge is 0.306 e. The molecule has 1 saturated carbocycles. The first-order valence-electron chi connectivity index (χ1n) is 4.38. The molecule has 1 N–H and O–H groups in total. The van der Waals surface area contributed by atoms with Gasteiger partial charge in [0.15, 0.2) is 0 Å². The lowest BCUT2D eigenvalue weighted by Gasteiger charge is -2.10. The van der Waals surface area contributed by atoms with Crippen LogP contribution in [0.3, 0.4) is 0 Å². The number of hydrogen-bond donors (Lipinski definition) is 1. The van der Waals surface area contributed by atoms with Crippen molar-refractivity contribution < 1.29 is 0 Å². The molecule has 4 heteroatoms. The Kier molecular flexibility index (Phi) is 3.63. The highest BCUT2D eigenvalue weighted by atomic mass is 35.5. The molecule has 1 fully saturated rings. The molecule has 1 aliphatic carbocycles. The summed E-state index contributed by atoms with van der Waals surface area (Å²) in [5, 5.41) is 3.47. The van der Waals surface area contributed by atoms with Crippen molar-refractivity contribution >= 4 is 12.4 Å². The molecule has 1 aromatic rings. The van der Waals surface area contributed by atoms with Crippen molar-refractivity contribution in [2.45, 2.75) is 31.8 Å². The number of rotatable bonds is 3. The van der Waals surface area contributed by atoms with Gasteiger partial charge in [-0.1, -0.05) is 0 Å². The summed E-state index contributed by atoms with van der Waals surface area (Å²) >= 11 is 0. The van der Waals surface area contributed by atoms with Crippen LogP contribution in [-0.2, 0) is 0 Å². The third kappa shape index (κ3) is 2.94. The summed E-state index contributed by atoms with van der Waals surface area (Å²) in [7, 11) is 0. The van der Waals surface area contributed by atoms with Crippen LogP contribution in [0.25, 0.3) is 0 Å². The first-order valence-corrected chi connectivity index (χ1v) is 4.38. The molecule has 2 rings (SSSR count). The normalized spacial score (nSPS) is 17.6. The number of hydrogen-bond acceptors (Lipinski definition) is 3. The molecule has 1 aromatic heterocycles. The number of nitrogens with one attached hydrogen (secondary N) is 1. The highest BCUT2D eigenvalue weighted by Crippen LogP contribution is 2.22. The van der Waals surface area contributed by atoms with E-state index in [2.05, 4.69) is 22.2 Å². The highest BCUT2D eigenvalue weighted by molar-refractivity contribution is 5.85. The van der Waals surface area contributed by atoms with Crippen molar-refractivity contribution in [1.29, 1.82) is 0 Å². The van der Waals surface area contributed by atoms with Gasteiger partial charge in [-0.15, -0.1) is 12.4 Å². The van der Waals surface area contributed by atoms with Gasteiger partial charge < -0.3 is 5.32 Å².